The Morgan fingerprint density at radius 1 is 1.50 bits per heavy atom. The van der Waals surface area contributed by atoms with Crippen molar-refractivity contribution in [3.63, 3.8) is 0 Å². The molecule has 2 amide bonds. The summed E-state index contributed by atoms with van der Waals surface area (Å²) >= 11 is 0. The average molecular weight is 198 g/mol. The van der Waals surface area contributed by atoms with Crippen LogP contribution in [0.5, 0.6) is 0 Å². The third-order valence-electron chi connectivity index (χ3n) is 2.88. The van der Waals surface area contributed by atoms with Crippen molar-refractivity contribution in [2.24, 2.45) is 5.92 Å². The summed E-state index contributed by atoms with van der Waals surface area (Å²) in [4.78, 5) is 13.5. The van der Waals surface area contributed by atoms with Crippen LogP contribution in [0.25, 0.3) is 0 Å². The van der Waals surface area contributed by atoms with Crippen molar-refractivity contribution in [3.05, 3.63) is 0 Å². The van der Waals surface area contributed by atoms with E-state index in [2.05, 4.69) is 5.32 Å². The van der Waals surface area contributed by atoms with Crippen LogP contribution in [0.3, 0.4) is 0 Å². The lowest BCUT2D eigenvalue weighted by Gasteiger charge is -2.16. The number of likely N-dealkylation sites (tertiary alicyclic amines) is 1. The number of urea groups is 1. The van der Waals surface area contributed by atoms with Crippen LogP contribution in [-0.2, 0) is 4.74 Å². The van der Waals surface area contributed by atoms with Crippen molar-refractivity contribution in [3.8, 4) is 0 Å². The van der Waals surface area contributed by atoms with Crippen LogP contribution in [0, 0.1) is 5.92 Å². The predicted molar refractivity (Wildman–Crippen MR) is 53.1 cm³/mol. The van der Waals surface area contributed by atoms with Gasteiger partial charge in [-0.3, -0.25) is 0 Å². The second kappa shape index (κ2) is 4.17. The lowest BCUT2D eigenvalue weighted by Crippen LogP contribution is -2.39. The van der Waals surface area contributed by atoms with E-state index in [1.54, 1.807) is 7.11 Å². The van der Waals surface area contributed by atoms with Crippen LogP contribution in [-0.4, -0.2) is 43.8 Å². The number of methoxy groups -OCH3 is 1. The largest absolute Gasteiger partial charge is 0.384 e. The molecular weight excluding hydrogens is 180 g/mol. The molecule has 2 rings (SSSR count). The topological polar surface area (TPSA) is 41.6 Å². The molecule has 14 heavy (non-hydrogen) atoms. The minimum Gasteiger partial charge on any atom is -0.384 e. The minimum atomic E-state index is 0.117. The number of hydrogen-bond acceptors (Lipinski definition) is 2. The van der Waals surface area contributed by atoms with E-state index in [1.165, 1.54) is 0 Å². The van der Waals surface area contributed by atoms with Gasteiger partial charge < -0.3 is 15.0 Å². The highest BCUT2D eigenvalue weighted by Crippen LogP contribution is 2.21. The van der Waals surface area contributed by atoms with Crippen molar-refractivity contribution in [2.75, 3.05) is 26.8 Å². The number of carbonyl (C=O) groups excluding carboxylic acids is 1. The Morgan fingerprint density at radius 3 is 2.93 bits per heavy atom. The van der Waals surface area contributed by atoms with Gasteiger partial charge in [0, 0.05) is 32.2 Å². The van der Waals surface area contributed by atoms with Gasteiger partial charge in [0.2, 0.25) is 0 Å². The zero-order valence-corrected chi connectivity index (χ0v) is 8.66. The predicted octanol–water partition coefficient (Wildman–Crippen LogP) is 0.827. The van der Waals surface area contributed by atoms with Gasteiger partial charge in [-0.25, -0.2) is 4.79 Å². The first-order valence-electron chi connectivity index (χ1n) is 5.34. The molecule has 80 valence electrons. The fraction of sp³-hybridized carbons (Fsp3) is 0.900. The fourth-order valence-corrected chi connectivity index (χ4v) is 1.88. The van der Waals surface area contributed by atoms with E-state index in [0.717, 1.165) is 39.0 Å². The molecule has 0 bridgehead atoms. The maximum atomic E-state index is 11.6. The lowest BCUT2D eigenvalue weighted by molar-refractivity contribution is 0.153. The number of carbonyl (C=O) groups is 1. The summed E-state index contributed by atoms with van der Waals surface area (Å²) in [6.07, 6.45) is 3.38. The Balaban J connectivity index is 1.73. The molecule has 0 aromatic rings. The maximum absolute atomic E-state index is 11.6. The molecule has 1 atom stereocenters. The van der Waals surface area contributed by atoms with Gasteiger partial charge in [0.1, 0.15) is 0 Å². The molecular formula is C10H18N2O2. The van der Waals surface area contributed by atoms with Crippen molar-refractivity contribution >= 4 is 6.03 Å². The van der Waals surface area contributed by atoms with Gasteiger partial charge in [-0.05, 0) is 19.3 Å². The molecule has 0 aromatic carbocycles. The highest BCUT2D eigenvalue weighted by molar-refractivity contribution is 5.75. The summed E-state index contributed by atoms with van der Waals surface area (Å²) in [7, 11) is 1.72. The second-order valence-electron chi connectivity index (χ2n) is 4.28. The number of ether oxygens (including phenoxy) is 1. The Hall–Kier alpha value is -0.770. The Labute approximate surface area is 84.6 Å². The molecule has 1 saturated heterocycles. The van der Waals surface area contributed by atoms with Crippen molar-refractivity contribution in [2.45, 2.75) is 25.3 Å². The van der Waals surface area contributed by atoms with E-state index in [1.807, 2.05) is 4.90 Å². The molecule has 2 aliphatic rings. The summed E-state index contributed by atoms with van der Waals surface area (Å²) in [5, 5.41) is 3.00. The van der Waals surface area contributed by atoms with Crippen LogP contribution >= 0.6 is 0 Å². The SMILES string of the molecule is COCC1CCN(C(=O)NC2CC2)C1. The van der Waals surface area contributed by atoms with E-state index in [9.17, 15) is 4.79 Å². The molecule has 0 spiro atoms. The van der Waals surface area contributed by atoms with Gasteiger partial charge in [0.15, 0.2) is 0 Å². The first-order chi connectivity index (χ1) is 6.79. The molecule has 4 heteroatoms. The number of nitrogens with one attached hydrogen (secondary N) is 1. The van der Waals surface area contributed by atoms with E-state index in [4.69, 9.17) is 4.74 Å². The molecule has 1 unspecified atom stereocenters. The quantitative estimate of drug-likeness (QED) is 0.729. The fourth-order valence-electron chi connectivity index (χ4n) is 1.88. The second-order valence-corrected chi connectivity index (χ2v) is 4.28. The third-order valence-corrected chi connectivity index (χ3v) is 2.88. The Morgan fingerprint density at radius 2 is 2.29 bits per heavy atom. The summed E-state index contributed by atoms with van der Waals surface area (Å²) in [6.45, 7) is 2.51. The highest BCUT2D eigenvalue weighted by Gasteiger charge is 2.30. The summed E-state index contributed by atoms with van der Waals surface area (Å²) in [5.41, 5.74) is 0. The van der Waals surface area contributed by atoms with Gasteiger partial charge in [0.05, 0.1) is 6.61 Å². The Bertz CT molecular complexity index is 216. The van der Waals surface area contributed by atoms with Crippen LogP contribution < -0.4 is 5.32 Å². The molecule has 1 heterocycles. The average Bonchev–Trinajstić information content (AvgIpc) is 2.83. The molecule has 2 fully saturated rings. The molecule has 0 radical (unpaired) electrons. The number of amides is 2. The van der Waals surface area contributed by atoms with Gasteiger partial charge in [0.25, 0.3) is 0 Å². The van der Waals surface area contributed by atoms with Gasteiger partial charge in [-0.2, -0.15) is 0 Å². The molecule has 1 aliphatic carbocycles. The first kappa shape index (κ1) is 9.77. The molecule has 1 aliphatic heterocycles. The van der Waals surface area contributed by atoms with Crippen molar-refractivity contribution < 1.29 is 9.53 Å². The Kier molecular flexibility index (Phi) is 2.91. The van der Waals surface area contributed by atoms with Crippen LogP contribution in [0.1, 0.15) is 19.3 Å². The maximum Gasteiger partial charge on any atom is 0.317 e. The summed E-state index contributed by atoms with van der Waals surface area (Å²) in [6, 6.07) is 0.579. The van der Waals surface area contributed by atoms with E-state index >= 15 is 0 Å². The van der Waals surface area contributed by atoms with Gasteiger partial charge in [-0.15, -0.1) is 0 Å². The monoisotopic (exact) mass is 198 g/mol. The summed E-state index contributed by atoms with van der Waals surface area (Å²) in [5.74, 6) is 0.532. The standard InChI is InChI=1S/C10H18N2O2/c1-14-7-8-4-5-12(6-8)10(13)11-9-2-3-9/h8-9H,2-7H2,1H3,(H,11,13). The minimum absolute atomic E-state index is 0.117. The van der Waals surface area contributed by atoms with Crippen molar-refractivity contribution in [1.29, 1.82) is 0 Å². The molecule has 0 aromatic heterocycles. The van der Waals surface area contributed by atoms with E-state index in [-0.39, 0.29) is 6.03 Å². The number of hydrogen-bond donors (Lipinski definition) is 1. The molecule has 4 nitrogen and oxygen atoms in total. The number of rotatable bonds is 3. The third kappa shape index (κ3) is 2.38. The lowest BCUT2D eigenvalue weighted by atomic mass is 10.1. The van der Waals surface area contributed by atoms with Crippen LogP contribution in [0.15, 0.2) is 0 Å². The summed E-state index contributed by atoms with van der Waals surface area (Å²) < 4.78 is 5.09. The zero-order chi connectivity index (χ0) is 9.97. The van der Waals surface area contributed by atoms with Gasteiger partial charge in [-0.1, -0.05) is 0 Å². The van der Waals surface area contributed by atoms with Crippen LogP contribution in [0.2, 0.25) is 0 Å². The molecule has 1 saturated carbocycles. The number of nitrogens with zero attached hydrogens (tertiary/aromatic N) is 1. The van der Waals surface area contributed by atoms with Gasteiger partial charge >= 0.3 is 6.03 Å². The highest BCUT2D eigenvalue weighted by atomic mass is 16.5. The van der Waals surface area contributed by atoms with Crippen molar-refractivity contribution in [1.82, 2.24) is 10.2 Å². The first-order valence-corrected chi connectivity index (χ1v) is 5.34. The zero-order valence-electron chi connectivity index (χ0n) is 8.66. The van der Waals surface area contributed by atoms with Crippen LogP contribution in [0.4, 0.5) is 4.79 Å². The molecule has 1 N–H and O–H groups in total. The van der Waals surface area contributed by atoms with E-state index in [0.29, 0.717) is 12.0 Å². The normalized spacial score (nSPS) is 26.6. The van der Waals surface area contributed by atoms with E-state index < -0.39 is 0 Å². The smallest absolute Gasteiger partial charge is 0.317 e.